The maximum Gasteiger partial charge on any atom is 0.416 e. The van der Waals surface area contributed by atoms with E-state index >= 15 is 0 Å². The Morgan fingerprint density at radius 3 is 2.38 bits per heavy atom. The van der Waals surface area contributed by atoms with E-state index in [0.29, 0.717) is 39.2 Å². The molecule has 0 aromatic heterocycles. The fourth-order valence-electron chi connectivity index (χ4n) is 2.79. The van der Waals surface area contributed by atoms with Gasteiger partial charge in [-0.05, 0) is 48.6 Å². The number of benzene rings is 2. The Morgan fingerprint density at radius 1 is 1.07 bits per heavy atom. The van der Waals surface area contributed by atoms with Gasteiger partial charge in [0.25, 0.3) is 0 Å². The highest BCUT2D eigenvalue weighted by Crippen LogP contribution is 2.32. The van der Waals surface area contributed by atoms with Crippen LogP contribution < -0.4 is 10.6 Å². The van der Waals surface area contributed by atoms with Crippen molar-refractivity contribution in [1.29, 1.82) is 0 Å². The number of carbonyl (C=O) groups is 1. The monoisotopic (exact) mass is 439 g/mol. The van der Waals surface area contributed by atoms with E-state index in [0.717, 1.165) is 12.1 Å². The molecule has 0 unspecified atom stereocenters. The van der Waals surface area contributed by atoms with Crippen LogP contribution in [0.5, 0.6) is 0 Å². The third kappa shape index (κ3) is 5.19. The maximum absolute atomic E-state index is 12.9. The van der Waals surface area contributed by atoms with E-state index in [4.69, 9.17) is 28.9 Å². The van der Waals surface area contributed by atoms with Crippen molar-refractivity contribution in [2.24, 2.45) is 10.7 Å². The van der Waals surface area contributed by atoms with Gasteiger partial charge in [-0.15, -0.1) is 0 Å². The first-order valence-electron chi connectivity index (χ1n) is 8.29. The maximum atomic E-state index is 12.9. The van der Waals surface area contributed by atoms with E-state index in [1.807, 2.05) is 0 Å². The molecule has 0 bridgehead atoms. The summed E-state index contributed by atoms with van der Waals surface area (Å²) in [5.74, 6) is 0. The fourth-order valence-corrected chi connectivity index (χ4v) is 3.31. The van der Waals surface area contributed by atoms with Crippen LogP contribution >= 0.6 is 23.2 Å². The number of amides is 1. The largest absolute Gasteiger partial charge is 0.416 e. The molecular formula is C20H14Cl2F3N3O. The second kappa shape index (κ2) is 8.31. The third-order valence-electron chi connectivity index (χ3n) is 3.99. The molecule has 0 atom stereocenters. The van der Waals surface area contributed by atoms with Crippen LogP contribution in [0.4, 0.5) is 24.5 Å². The molecule has 2 N–H and O–H groups in total. The van der Waals surface area contributed by atoms with E-state index in [1.165, 1.54) is 23.1 Å². The van der Waals surface area contributed by atoms with Gasteiger partial charge in [-0.25, -0.2) is 0 Å². The number of hydrogen-bond donors (Lipinski definition) is 1. The number of rotatable bonds is 4. The van der Waals surface area contributed by atoms with Crippen LogP contribution in [-0.4, -0.2) is 12.1 Å². The van der Waals surface area contributed by atoms with E-state index in [1.54, 1.807) is 24.3 Å². The van der Waals surface area contributed by atoms with Gasteiger partial charge in [0.2, 0.25) is 6.41 Å². The number of alkyl halides is 3. The number of carbonyl (C=O) groups excluding carboxylic acids is 1. The predicted molar refractivity (Wildman–Crippen MR) is 109 cm³/mol. The van der Waals surface area contributed by atoms with Gasteiger partial charge in [0.05, 0.1) is 22.6 Å². The number of hydrogen-bond acceptors (Lipinski definition) is 3. The molecule has 2 aromatic rings. The lowest BCUT2D eigenvalue weighted by Gasteiger charge is -2.23. The zero-order valence-electron chi connectivity index (χ0n) is 14.8. The molecule has 0 fully saturated rings. The standard InChI is InChI=1S/C20H14Cl2F3N3O/c21-13-5-14(22)7-18(6-13)28(11-29)19-9-15(26)8-17(10-19)27-16-3-1-2-12(4-16)20(23,24)25/h1-7,9-11H,8,26H2. The van der Waals surface area contributed by atoms with Crippen LogP contribution in [0.25, 0.3) is 0 Å². The van der Waals surface area contributed by atoms with Crippen LogP contribution in [0.2, 0.25) is 10.0 Å². The van der Waals surface area contributed by atoms with E-state index in [2.05, 4.69) is 4.99 Å². The Hall–Kier alpha value is -2.77. The zero-order chi connectivity index (χ0) is 21.2. The quantitative estimate of drug-likeness (QED) is 0.604. The number of allylic oxidation sites excluding steroid dienone is 3. The van der Waals surface area contributed by atoms with Crippen molar-refractivity contribution in [2.75, 3.05) is 4.90 Å². The Kier molecular flexibility index (Phi) is 6.00. The molecule has 1 aliphatic rings. The molecule has 29 heavy (non-hydrogen) atoms. The zero-order valence-corrected chi connectivity index (χ0v) is 16.3. The van der Waals surface area contributed by atoms with E-state index in [9.17, 15) is 18.0 Å². The van der Waals surface area contributed by atoms with Gasteiger partial charge in [0.1, 0.15) is 0 Å². The SMILES string of the molecule is NC1=CC(N(C=O)c2cc(Cl)cc(Cl)c2)=CC(=Nc2cccc(C(F)(F)F)c2)C1. The van der Waals surface area contributed by atoms with Crippen molar-refractivity contribution >= 4 is 46.7 Å². The lowest BCUT2D eigenvalue weighted by molar-refractivity contribution is -0.137. The Balaban J connectivity index is 2.00. The molecule has 0 saturated heterocycles. The highest BCUT2D eigenvalue weighted by atomic mass is 35.5. The van der Waals surface area contributed by atoms with Crippen LogP contribution in [0.1, 0.15) is 12.0 Å². The number of anilines is 1. The smallest absolute Gasteiger partial charge is 0.402 e. The summed E-state index contributed by atoms with van der Waals surface area (Å²) in [4.78, 5) is 17.3. The summed E-state index contributed by atoms with van der Waals surface area (Å²) in [6, 6.07) is 9.27. The normalized spacial score (nSPS) is 15.7. The van der Waals surface area contributed by atoms with Gasteiger partial charge >= 0.3 is 6.18 Å². The highest BCUT2D eigenvalue weighted by Gasteiger charge is 2.30. The Labute approximate surface area is 174 Å². The third-order valence-corrected chi connectivity index (χ3v) is 4.42. The van der Waals surface area contributed by atoms with E-state index < -0.39 is 11.7 Å². The van der Waals surface area contributed by atoms with Crippen LogP contribution in [0.3, 0.4) is 0 Å². The summed E-state index contributed by atoms with van der Waals surface area (Å²) in [5, 5.41) is 0.677. The van der Waals surface area contributed by atoms with Gasteiger partial charge in [0, 0.05) is 27.9 Å². The van der Waals surface area contributed by atoms with Crippen molar-refractivity contribution in [2.45, 2.75) is 12.6 Å². The highest BCUT2D eigenvalue weighted by molar-refractivity contribution is 6.35. The molecule has 0 saturated carbocycles. The first-order valence-corrected chi connectivity index (χ1v) is 9.04. The van der Waals surface area contributed by atoms with Gasteiger partial charge in [-0.2, -0.15) is 13.2 Å². The van der Waals surface area contributed by atoms with Crippen molar-refractivity contribution < 1.29 is 18.0 Å². The molecule has 3 rings (SSSR count). The van der Waals surface area contributed by atoms with Crippen molar-refractivity contribution in [3.05, 3.63) is 81.6 Å². The van der Waals surface area contributed by atoms with Gasteiger partial charge in [0.15, 0.2) is 0 Å². The summed E-state index contributed by atoms with van der Waals surface area (Å²) in [7, 11) is 0. The first-order chi connectivity index (χ1) is 13.7. The molecule has 1 aliphatic carbocycles. The fraction of sp³-hybridized carbons (Fsp3) is 0.100. The minimum atomic E-state index is -4.47. The molecular weight excluding hydrogens is 426 g/mol. The summed E-state index contributed by atoms with van der Waals surface area (Å²) in [6.07, 6.45) is -0.537. The minimum absolute atomic E-state index is 0.128. The second-order valence-electron chi connectivity index (χ2n) is 6.22. The summed E-state index contributed by atoms with van der Waals surface area (Å²) in [5.41, 5.74) is 6.88. The van der Waals surface area contributed by atoms with Crippen LogP contribution in [0, 0.1) is 0 Å². The van der Waals surface area contributed by atoms with Crippen molar-refractivity contribution in [1.82, 2.24) is 0 Å². The van der Waals surface area contributed by atoms with Crippen LogP contribution in [0.15, 0.2) is 71.0 Å². The predicted octanol–water partition coefficient (Wildman–Crippen LogP) is 5.88. The average Bonchev–Trinajstić information content (AvgIpc) is 2.60. The first kappa shape index (κ1) is 21.0. The number of halogens is 5. The Morgan fingerprint density at radius 2 is 1.76 bits per heavy atom. The minimum Gasteiger partial charge on any atom is -0.402 e. The molecule has 2 aromatic carbocycles. The van der Waals surface area contributed by atoms with E-state index in [-0.39, 0.29) is 12.1 Å². The molecule has 0 aliphatic heterocycles. The summed E-state index contributed by atoms with van der Waals surface area (Å²) < 4.78 is 38.8. The number of aliphatic imine (C=N–C) groups is 1. The molecule has 0 heterocycles. The lowest BCUT2D eigenvalue weighted by atomic mass is 10.1. The molecule has 0 spiro atoms. The topological polar surface area (TPSA) is 58.7 Å². The molecule has 9 heteroatoms. The second-order valence-corrected chi connectivity index (χ2v) is 7.09. The van der Waals surface area contributed by atoms with Crippen LogP contribution in [-0.2, 0) is 11.0 Å². The molecule has 150 valence electrons. The molecule has 1 amide bonds. The number of nitrogens with zero attached hydrogens (tertiary/aromatic N) is 2. The molecule has 0 radical (unpaired) electrons. The van der Waals surface area contributed by atoms with Gasteiger partial charge in [-0.1, -0.05) is 29.3 Å². The van der Waals surface area contributed by atoms with Gasteiger partial charge < -0.3 is 5.73 Å². The van der Waals surface area contributed by atoms with Gasteiger partial charge in [-0.3, -0.25) is 14.7 Å². The molecule has 4 nitrogen and oxygen atoms in total. The lowest BCUT2D eigenvalue weighted by Crippen LogP contribution is -2.24. The average molecular weight is 440 g/mol. The van der Waals surface area contributed by atoms with Crippen molar-refractivity contribution in [3.8, 4) is 0 Å². The van der Waals surface area contributed by atoms with Crippen molar-refractivity contribution in [3.63, 3.8) is 0 Å². The summed E-state index contributed by atoms with van der Waals surface area (Å²) >= 11 is 12.0. The Bertz CT molecular complexity index is 1030. The number of nitrogens with two attached hydrogens (primary N) is 1. The summed E-state index contributed by atoms with van der Waals surface area (Å²) in [6.45, 7) is 0.